The Kier molecular flexibility index (Phi) is 6.37. The first-order valence-corrected chi connectivity index (χ1v) is 14.1. The lowest BCUT2D eigenvalue weighted by atomic mass is 9.55. The minimum atomic E-state index is -4.18. The molecular weight excluding hydrogens is 471 g/mol. The van der Waals surface area contributed by atoms with Crippen LogP contribution >= 0.6 is 0 Å². The molecule has 0 unspecified atom stereocenters. The van der Waals surface area contributed by atoms with Gasteiger partial charge in [-0.3, -0.25) is 0 Å². The van der Waals surface area contributed by atoms with E-state index in [-0.39, 0.29) is 17.8 Å². The van der Waals surface area contributed by atoms with E-state index in [4.69, 9.17) is 5.10 Å². The van der Waals surface area contributed by atoms with Crippen molar-refractivity contribution in [2.24, 2.45) is 23.2 Å². The van der Waals surface area contributed by atoms with Crippen molar-refractivity contribution in [3.63, 3.8) is 0 Å². The van der Waals surface area contributed by atoms with E-state index >= 15 is 0 Å². The van der Waals surface area contributed by atoms with Crippen molar-refractivity contribution in [1.29, 1.82) is 0 Å². The van der Waals surface area contributed by atoms with E-state index in [0.29, 0.717) is 12.5 Å². The summed E-state index contributed by atoms with van der Waals surface area (Å²) < 4.78 is 44.7. The maximum atomic E-state index is 14.2. The Balaban J connectivity index is 1.30. The number of hydrogen-bond donors (Lipinski definition) is 1. The molecule has 37 heavy (non-hydrogen) atoms. The highest BCUT2D eigenvalue weighted by Crippen LogP contribution is 2.57. The van der Waals surface area contributed by atoms with Crippen LogP contribution in [0.2, 0.25) is 0 Å². The number of rotatable bonds is 4. The molecule has 0 bridgehead atoms. The summed E-state index contributed by atoms with van der Waals surface area (Å²) in [5.74, 6) is -0.862. The first kappa shape index (κ1) is 25.0. The van der Waals surface area contributed by atoms with Gasteiger partial charge in [0.25, 0.3) is 0 Å². The average molecular weight is 510 g/mol. The van der Waals surface area contributed by atoms with E-state index in [2.05, 4.69) is 49.5 Å². The maximum absolute atomic E-state index is 14.2. The lowest BCUT2D eigenvalue weighted by Gasteiger charge is -2.51. The van der Waals surface area contributed by atoms with Gasteiger partial charge in [0.05, 0.1) is 23.5 Å². The van der Waals surface area contributed by atoms with Gasteiger partial charge in [0.2, 0.25) is 0 Å². The number of hydrogen-bond acceptors (Lipinski definition) is 2. The van der Waals surface area contributed by atoms with Gasteiger partial charge in [-0.05, 0) is 87.6 Å². The minimum Gasteiger partial charge on any atom is -0.312 e. The van der Waals surface area contributed by atoms with Gasteiger partial charge in [0.1, 0.15) is 0 Å². The Labute approximate surface area is 218 Å². The standard InChI is InChI=1S/C31H38F3N3/c1-20-8-11-24(12-9-20)37-28-16-23-10-13-25-26(30(23,2)17-22(28)19-36-37)14-15-27(31(32,33)34)29(25)35-18-21-6-4-3-5-7-21/h8-9,11-12,14,16,19,21,25,27,29,35H,3-7,10,13,15,17-18H2,1-2H3/t25-,27+,29+,30-/m0/s1. The smallest absolute Gasteiger partial charge is 0.312 e. The molecule has 1 aromatic heterocycles. The second kappa shape index (κ2) is 9.44. The summed E-state index contributed by atoms with van der Waals surface area (Å²) >= 11 is 0. The quantitative estimate of drug-likeness (QED) is 0.431. The van der Waals surface area contributed by atoms with E-state index < -0.39 is 18.1 Å². The van der Waals surface area contributed by atoms with Crippen LogP contribution in [0.3, 0.4) is 0 Å². The zero-order valence-electron chi connectivity index (χ0n) is 22.0. The fraction of sp³-hybridized carbons (Fsp3) is 0.581. The molecule has 4 aliphatic rings. The third-order valence-electron chi connectivity index (χ3n) is 9.74. The second-order valence-corrected chi connectivity index (χ2v) is 12.1. The highest BCUT2D eigenvalue weighted by molar-refractivity contribution is 5.64. The van der Waals surface area contributed by atoms with Crippen LogP contribution in [0.4, 0.5) is 13.2 Å². The third kappa shape index (κ3) is 4.49. The largest absolute Gasteiger partial charge is 0.393 e. The van der Waals surface area contributed by atoms with E-state index in [1.165, 1.54) is 41.5 Å². The summed E-state index contributed by atoms with van der Waals surface area (Å²) in [4.78, 5) is 0. The summed E-state index contributed by atoms with van der Waals surface area (Å²) in [6, 6.07) is 7.85. The first-order chi connectivity index (χ1) is 17.7. The molecule has 3 nitrogen and oxygen atoms in total. The molecule has 6 heteroatoms. The predicted octanol–water partition coefficient (Wildman–Crippen LogP) is 7.58. The molecule has 0 radical (unpaired) electrons. The third-order valence-corrected chi connectivity index (χ3v) is 9.74. The number of fused-ring (bicyclic) bond motifs is 4. The maximum Gasteiger partial charge on any atom is 0.393 e. The van der Waals surface area contributed by atoms with Gasteiger partial charge in [0, 0.05) is 11.5 Å². The molecule has 0 amide bonds. The predicted molar refractivity (Wildman–Crippen MR) is 141 cm³/mol. The zero-order chi connectivity index (χ0) is 25.8. The minimum absolute atomic E-state index is 0.0696. The van der Waals surface area contributed by atoms with Crippen LogP contribution in [-0.4, -0.2) is 28.5 Å². The Hall–Kier alpha value is -2.34. The summed E-state index contributed by atoms with van der Waals surface area (Å²) in [6.07, 6.45) is 10.5. The van der Waals surface area contributed by atoms with Crippen molar-refractivity contribution < 1.29 is 13.2 Å². The fourth-order valence-corrected chi connectivity index (χ4v) is 7.65. The number of allylic oxidation sites excluding steroid dienone is 2. The van der Waals surface area contributed by atoms with Crippen molar-refractivity contribution in [3.05, 3.63) is 64.5 Å². The molecule has 0 saturated heterocycles. The van der Waals surface area contributed by atoms with E-state index in [1.807, 2.05) is 17.0 Å². The van der Waals surface area contributed by atoms with Crippen LogP contribution in [0.25, 0.3) is 11.8 Å². The molecule has 4 atom stereocenters. The second-order valence-electron chi connectivity index (χ2n) is 12.1. The topological polar surface area (TPSA) is 29.9 Å². The molecule has 1 N–H and O–H groups in total. The number of alkyl halides is 3. The van der Waals surface area contributed by atoms with Gasteiger partial charge in [-0.1, -0.05) is 61.1 Å². The summed E-state index contributed by atoms with van der Waals surface area (Å²) in [6.45, 7) is 5.05. The molecule has 6 rings (SSSR count). The van der Waals surface area contributed by atoms with Crippen molar-refractivity contribution in [1.82, 2.24) is 15.1 Å². The molecule has 198 valence electrons. The van der Waals surface area contributed by atoms with Gasteiger partial charge in [-0.25, -0.2) is 4.68 Å². The van der Waals surface area contributed by atoms with Crippen LogP contribution in [0, 0.1) is 30.1 Å². The highest BCUT2D eigenvalue weighted by Gasteiger charge is 2.54. The van der Waals surface area contributed by atoms with E-state index in [9.17, 15) is 13.2 Å². The molecule has 2 aromatic rings. The lowest BCUT2D eigenvalue weighted by molar-refractivity contribution is -0.187. The molecule has 2 fully saturated rings. The zero-order valence-corrected chi connectivity index (χ0v) is 22.0. The van der Waals surface area contributed by atoms with E-state index in [0.717, 1.165) is 43.5 Å². The Bertz CT molecular complexity index is 1200. The molecule has 2 saturated carbocycles. The number of aryl methyl sites for hydroxylation is 1. The molecular formula is C31H38F3N3. The normalized spacial score (nSPS) is 30.1. The monoisotopic (exact) mass is 509 g/mol. The fourth-order valence-electron chi connectivity index (χ4n) is 7.65. The van der Waals surface area contributed by atoms with Crippen molar-refractivity contribution in [2.45, 2.75) is 83.9 Å². The van der Waals surface area contributed by atoms with Crippen LogP contribution in [0.15, 0.2) is 47.7 Å². The molecule has 0 aliphatic heterocycles. The average Bonchev–Trinajstić information content (AvgIpc) is 3.28. The van der Waals surface area contributed by atoms with Gasteiger partial charge >= 0.3 is 6.18 Å². The van der Waals surface area contributed by atoms with Crippen LogP contribution in [-0.2, 0) is 6.42 Å². The summed E-state index contributed by atoms with van der Waals surface area (Å²) in [5.41, 5.74) is 6.87. The molecule has 0 spiro atoms. The van der Waals surface area contributed by atoms with Crippen molar-refractivity contribution in [2.75, 3.05) is 6.54 Å². The number of nitrogens with zero attached hydrogens (tertiary/aromatic N) is 2. The van der Waals surface area contributed by atoms with Crippen molar-refractivity contribution in [3.8, 4) is 5.69 Å². The van der Waals surface area contributed by atoms with Gasteiger partial charge < -0.3 is 5.32 Å². The first-order valence-electron chi connectivity index (χ1n) is 14.1. The number of aromatic nitrogens is 2. The lowest BCUT2D eigenvalue weighted by Crippen LogP contribution is -2.54. The Morgan fingerprint density at radius 1 is 1.08 bits per heavy atom. The molecule has 1 heterocycles. The summed E-state index contributed by atoms with van der Waals surface area (Å²) in [5, 5.41) is 8.24. The molecule has 1 aromatic carbocycles. The van der Waals surface area contributed by atoms with Gasteiger partial charge in [0.15, 0.2) is 0 Å². The SMILES string of the molecule is Cc1ccc(-n2ncc3c2C=C2CC[C@H]4C(=CC[C@@H](C(F)(F)F)[C@@H]4NCC4CCCCC4)[C@@]2(C)C3)cc1. The number of halogens is 3. The van der Waals surface area contributed by atoms with Crippen LogP contribution < -0.4 is 5.32 Å². The van der Waals surface area contributed by atoms with Gasteiger partial charge in [-0.15, -0.1) is 0 Å². The Morgan fingerprint density at radius 2 is 1.84 bits per heavy atom. The highest BCUT2D eigenvalue weighted by atomic mass is 19.4. The Morgan fingerprint density at radius 3 is 2.57 bits per heavy atom. The van der Waals surface area contributed by atoms with Crippen molar-refractivity contribution >= 4 is 6.08 Å². The van der Waals surface area contributed by atoms with Gasteiger partial charge in [-0.2, -0.15) is 18.3 Å². The van der Waals surface area contributed by atoms with E-state index in [1.54, 1.807) is 0 Å². The number of benzene rings is 1. The van der Waals surface area contributed by atoms with Crippen LogP contribution in [0.1, 0.15) is 75.1 Å². The van der Waals surface area contributed by atoms with Crippen LogP contribution in [0.5, 0.6) is 0 Å². The summed E-state index contributed by atoms with van der Waals surface area (Å²) in [7, 11) is 0. The number of nitrogens with one attached hydrogen (secondary N) is 1. The molecule has 4 aliphatic carbocycles.